The van der Waals surface area contributed by atoms with Gasteiger partial charge in [0.1, 0.15) is 6.10 Å². The van der Waals surface area contributed by atoms with Crippen molar-refractivity contribution in [1.29, 1.82) is 0 Å². The second kappa shape index (κ2) is 10.3. The normalized spacial score (nSPS) is 22.6. The van der Waals surface area contributed by atoms with Crippen molar-refractivity contribution in [2.24, 2.45) is 11.8 Å². The Morgan fingerprint density at radius 3 is 2.40 bits per heavy atom. The lowest BCUT2D eigenvalue weighted by atomic mass is 9.76. The number of hydroxylamine groups is 1. The number of ether oxygens (including phenoxy) is 1. The van der Waals surface area contributed by atoms with Crippen LogP contribution in [0.3, 0.4) is 0 Å². The van der Waals surface area contributed by atoms with Crippen LogP contribution in [-0.2, 0) is 9.59 Å². The van der Waals surface area contributed by atoms with Crippen LogP contribution in [0.25, 0.3) is 10.9 Å². The third-order valence-electron chi connectivity index (χ3n) is 7.14. The van der Waals surface area contributed by atoms with Crippen molar-refractivity contribution >= 4 is 28.4 Å². The van der Waals surface area contributed by atoms with Crippen LogP contribution < -0.4 is 15.1 Å². The minimum absolute atomic E-state index is 0.0198. The number of para-hydroxylation sites is 2. The Hall–Kier alpha value is -3.65. The molecule has 1 aromatic heterocycles. The molecule has 8 heteroatoms. The van der Waals surface area contributed by atoms with E-state index in [-0.39, 0.29) is 12.0 Å². The van der Waals surface area contributed by atoms with E-state index in [1.807, 2.05) is 59.5 Å². The van der Waals surface area contributed by atoms with Gasteiger partial charge in [-0.15, -0.1) is 0 Å². The molecule has 182 valence electrons. The summed E-state index contributed by atoms with van der Waals surface area (Å²) < 4.78 is 6.12. The first kappa shape index (κ1) is 23.1. The SMILES string of the molecule is O=C(NO)C1CC(Oc2ccc3ccccc3n2)CCC1C(=O)N1CCN(c2ccccc2)CC1. The number of nitrogens with zero attached hydrogens (tertiary/aromatic N) is 3. The predicted molar refractivity (Wildman–Crippen MR) is 132 cm³/mol. The number of rotatable bonds is 5. The summed E-state index contributed by atoms with van der Waals surface area (Å²) in [6.45, 7) is 2.72. The molecule has 0 bridgehead atoms. The first-order valence-corrected chi connectivity index (χ1v) is 12.2. The fourth-order valence-electron chi connectivity index (χ4n) is 5.25. The Balaban J connectivity index is 1.23. The second-order valence-electron chi connectivity index (χ2n) is 9.23. The summed E-state index contributed by atoms with van der Waals surface area (Å²) in [4.78, 5) is 34.7. The number of piperazine rings is 1. The second-order valence-corrected chi connectivity index (χ2v) is 9.23. The van der Waals surface area contributed by atoms with E-state index in [1.165, 1.54) is 0 Å². The van der Waals surface area contributed by atoms with Crippen molar-refractivity contribution in [1.82, 2.24) is 15.4 Å². The number of hydrogen-bond acceptors (Lipinski definition) is 6. The molecule has 3 aromatic rings. The van der Waals surface area contributed by atoms with Crippen LogP contribution in [0.4, 0.5) is 5.69 Å². The van der Waals surface area contributed by atoms with Gasteiger partial charge in [-0.2, -0.15) is 0 Å². The molecule has 1 saturated carbocycles. The van der Waals surface area contributed by atoms with E-state index < -0.39 is 17.7 Å². The Labute approximate surface area is 204 Å². The third kappa shape index (κ3) is 5.07. The van der Waals surface area contributed by atoms with E-state index in [4.69, 9.17) is 4.74 Å². The number of amides is 2. The van der Waals surface area contributed by atoms with E-state index in [9.17, 15) is 14.8 Å². The molecule has 1 aliphatic heterocycles. The summed E-state index contributed by atoms with van der Waals surface area (Å²) in [6.07, 6.45) is 1.25. The van der Waals surface area contributed by atoms with Crippen molar-refractivity contribution < 1.29 is 19.5 Å². The van der Waals surface area contributed by atoms with Gasteiger partial charge >= 0.3 is 0 Å². The van der Waals surface area contributed by atoms with E-state index in [1.54, 1.807) is 5.48 Å². The molecular weight excluding hydrogens is 444 g/mol. The average Bonchev–Trinajstić information content (AvgIpc) is 2.92. The smallest absolute Gasteiger partial charge is 0.247 e. The fraction of sp³-hybridized carbons (Fsp3) is 0.370. The van der Waals surface area contributed by atoms with Gasteiger partial charge < -0.3 is 14.5 Å². The number of fused-ring (bicyclic) bond motifs is 1. The van der Waals surface area contributed by atoms with Gasteiger partial charge in [0.05, 0.1) is 17.4 Å². The van der Waals surface area contributed by atoms with Crippen molar-refractivity contribution in [3.8, 4) is 5.88 Å². The highest BCUT2D eigenvalue weighted by Gasteiger charge is 2.42. The lowest BCUT2D eigenvalue weighted by molar-refractivity contribution is -0.148. The molecule has 2 fully saturated rings. The van der Waals surface area contributed by atoms with Gasteiger partial charge in [-0.25, -0.2) is 10.5 Å². The number of nitrogens with one attached hydrogen (secondary N) is 1. The lowest BCUT2D eigenvalue weighted by Crippen LogP contribution is -2.53. The minimum Gasteiger partial charge on any atom is -0.474 e. The molecule has 2 aliphatic rings. The summed E-state index contributed by atoms with van der Waals surface area (Å²) in [5.41, 5.74) is 3.76. The molecule has 3 atom stereocenters. The first-order valence-electron chi connectivity index (χ1n) is 12.2. The quantitative estimate of drug-likeness (QED) is 0.436. The monoisotopic (exact) mass is 474 g/mol. The zero-order valence-corrected chi connectivity index (χ0v) is 19.5. The van der Waals surface area contributed by atoms with Crippen LogP contribution in [0.5, 0.6) is 5.88 Å². The number of anilines is 1. The van der Waals surface area contributed by atoms with E-state index >= 15 is 0 Å². The van der Waals surface area contributed by atoms with Crippen molar-refractivity contribution in [3.05, 3.63) is 66.7 Å². The van der Waals surface area contributed by atoms with Gasteiger partial charge in [0.25, 0.3) is 0 Å². The molecule has 5 rings (SSSR count). The van der Waals surface area contributed by atoms with Crippen molar-refractivity contribution in [2.75, 3.05) is 31.1 Å². The number of carbonyl (C=O) groups is 2. The highest BCUT2D eigenvalue weighted by atomic mass is 16.5. The van der Waals surface area contributed by atoms with Crippen LogP contribution in [-0.4, -0.2) is 59.2 Å². The molecule has 2 amide bonds. The maximum absolute atomic E-state index is 13.4. The van der Waals surface area contributed by atoms with Gasteiger partial charge in [-0.05, 0) is 43.5 Å². The Bertz CT molecular complexity index is 1180. The standard InChI is InChI=1S/C27H30N4O4/c32-26(29-34)23-18-21(35-25-13-10-19-6-4-5-9-24(19)28-25)11-12-22(23)27(33)31-16-14-30(15-17-31)20-7-2-1-3-8-20/h1-10,13,21-23,34H,11-12,14-18H2,(H,29,32). The number of benzene rings is 2. The zero-order chi connectivity index (χ0) is 24.2. The number of hydrogen-bond donors (Lipinski definition) is 2. The van der Waals surface area contributed by atoms with Gasteiger partial charge in [-0.1, -0.05) is 36.4 Å². The largest absolute Gasteiger partial charge is 0.474 e. The van der Waals surface area contributed by atoms with Gasteiger partial charge in [-0.3, -0.25) is 14.8 Å². The molecule has 0 spiro atoms. The summed E-state index contributed by atoms with van der Waals surface area (Å²) in [5.74, 6) is -1.19. The highest BCUT2D eigenvalue weighted by molar-refractivity contribution is 5.87. The maximum atomic E-state index is 13.4. The molecule has 35 heavy (non-hydrogen) atoms. The molecule has 2 aromatic carbocycles. The molecule has 1 saturated heterocycles. The predicted octanol–water partition coefficient (Wildman–Crippen LogP) is 3.25. The maximum Gasteiger partial charge on any atom is 0.247 e. The van der Waals surface area contributed by atoms with Crippen LogP contribution in [0, 0.1) is 11.8 Å². The highest BCUT2D eigenvalue weighted by Crippen LogP contribution is 2.34. The summed E-state index contributed by atoms with van der Waals surface area (Å²) in [7, 11) is 0. The minimum atomic E-state index is -0.654. The number of carbonyl (C=O) groups excluding carboxylic acids is 2. The van der Waals surface area contributed by atoms with E-state index in [0.717, 1.165) is 29.7 Å². The molecule has 0 radical (unpaired) electrons. The third-order valence-corrected chi connectivity index (χ3v) is 7.14. The zero-order valence-electron chi connectivity index (χ0n) is 19.5. The molecule has 2 heterocycles. The molecule has 1 aliphatic carbocycles. The lowest BCUT2D eigenvalue weighted by Gasteiger charge is -2.40. The fourth-order valence-corrected chi connectivity index (χ4v) is 5.25. The molecule has 8 nitrogen and oxygen atoms in total. The van der Waals surface area contributed by atoms with Gasteiger partial charge in [0.15, 0.2) is 0 Å². The summed E-state index contributed by atoms with van der Waals surface area (Å²) in [5, 5.41) is 10.4. The Morgan fingerprint density at radius 1 is 0.886 bits per heavy atom. The summed E-state index contributed by atoms with van der Waals surface area (Å²) in [6, 6.07) is 21.8. The van der Waals surface area contributed by atoms with Crippen LogP contribution in [0.15, 0.2) is 66.7 Å². The van der Waals surface area contributed by atoms with Crippen LogP contribution >= 0.6 is 0 Å². The average molecular weight is 475 g/mol. The van der Waals surface area contributed by atoms with Gasteiger partial charge in [0.2, 0.25) is 17.7 Å². The number of pyridine rings is 1. The van der Waals surface area contributed by atoms with Crippen LogP contribution in [0.1, 0.15) is 19.3 Å². The van der Waals surface area contributed by atoms with E-state index in [0.29, 0.717) is 38.2 Å². The van der Waals surface area contributed by atoms with Gasteiger partial charge in [0, 0.05) is 43.3 Å². The summed E-state index contributed by atoms with van der Waals surface area (Å²) >= 11 is 0. The van der Waals surface area contributed by atoms with E-state index in [2.05, 4.69) is 22.0 Å². The Morgan fingerprint density at radius 2 is 1.63 bits per heavy atom. The molecule has 3 unspecified atom stereocenters. The first-order chi connectivity index (χ1) is 17.1. The Kier molecular flexibility index (Phi) is 6.81. The molecular formula is C27H30N4O4. The van der Waals surface area contributed by atoms with Crippen molar-refractivity contribution in [2.45, 2.75) is 25.4 Å². The topological polar surface area (TPSA) is 95.0 Å². The van der Waals surface area contributed by atoms with Crippen LogP contribution in [0.2, 0.25) is 0 Å². The van der Waals surface area contributed by atoms with Crippen molar-refractivity contribution in [3.63, 3.8) is 0 Å². The number of aromatic nitrogens is 1. The molecule has 2 N–H and O–H groups in total.